The van der Waals surface area contributed by atoms with Crippen molar-refractivity contribution in [2.45, 2.75) is 128 Å². The van der Waals surface area contributed by atoms with Gasteiger partial charge in [0.1, 0.15) is 5.60 Å². The Balaban J connectivity index is 1.60. The summed E-state index contributed by atoms with van der Waals surface area (Å²) in [6, 6.07) is 0. The zero-order chi connectivity index (χ0) is 27.8. The Morgan fingerprint density at radius 3 is 2.41 bits per heavy atom. The van der Waals surface area contributed by atoms with Gasteiger partial charge in [0.15, 0.2) is 5.78 Å². The zero-order valence-electron chi connectivity index (χ0n) is 23.2. The van der Waals surface area contributed by atoms with E-state index in [0.717, 1.165) is 0 Å². The molecule has 37 heavy (non-hydrogen) atoms. The monoisotopic (exact) mass is 522 g/mol. The lowest BCUT2D eigenvalue weighted by Crippen LogP contribution is -2.62. The standard InChI is InChI=1S/C29H46O8/c1-16(30)37-25(2,3)10-9-24(34)28(6,35)23-8-12-29(36)18-13-20(31)19-14-21(32)22(33)15-26(19,4)17(18)7-11-27(23,29)5/h13,17,19,21-24,32-36H,7-12,14-15H2,1-6H3/t17?,19-,21+,22-,23?,24+,26+,27+,28-,29+/m0/s1. The number of ether oxygens (including phenoxy) is 1. The van der Waals surface area contributed by atoms with Crippen LogP contribution in [0.25, 0.3) is 0 Å². The fraction of sp³-hybridized carbons (Fsp3) is 0.862. The van der Waals surface area contributed by atoms with E-state index in [2.05, 4.69) is 0 Å². The molecule has 5 N–H and O–H groups in total. The Labute approximate surface area is 220 Å². The Hall–Kier alpha value is -1.32. The van der Waals surface area contributed by atoms with E-state index in [4.69, 9.17) is 4.74 Å². The van der Waals surface area contributed by atoms with Crippen LogP contribution in [0.3, 0.4) is 0 Å². The van der Waals surface area contributed by atoms with Gasteiger partial charge in [-0.3, -0.25) is 9.59 Å². The van der Waals surface area contributed by atoms with Crippen LogP contribution in [-0.4, -0.2) is 72.4 Å². The maximum Gasteiger partial charge on any atom is 0.303 e. The summed E-state index contributed by atoms with van der Waals surface area (Å²) in [5.74, 6) is -1.43. The minimum absolute atomic E-state index is 0.103. The minimum atomic E-state index is -1.50. The number of ketones is 1. The average Bonchev–Trinajstić information content (AvgIpc) is 3.05. The third kappa shape index (κ3) is 4.41. The topological polar surface area (TPSA) is 145 Å². The second-order valence-corrected chi connectivity index (χ2v) is 13.7. The fourth-order valence-electron chi connectivity index (χ4n) is 8.76. The highest BCUT2D eigenvalue weighted by Gasteiger charge is 2.69. The van der Waals surface area contributed by atoms with Crippen LogP contribution >= 0.6 is 0 Å². The van der Waals surface area contributed by atoms with Gasteiger partial charge in [0.05, 0.1) is 29.5 Å². The van der Waals surface area contributed by atoms with Crippen molar-refractivity contribution < 1.29 is 39.9 Å². The van der Waals surface area contributed by atoms with E-state index < -0.39 is 63.8 Å². The van der Waals surface area contributed by atoms with Gasteiger partial charge in [-0.15, -0.1) is 0 Å². The fourth-order valence-corrected chi connectivity index (χ4v) is 8.76. The van der Waals surface area contributed by atoms with E-state index in [-0.39, 0.29) is 24.5 Å². The molecule has 2 unspecified atom stereocenters. The molecule has 4 rings (SSSR count). The molecular weight excluding hydrogens is 476 g/mol. The molecule has 0 aromatic rings. The van der Waals surface area contributed by atoms with Crippen molar-refractivity contribution in [3.05, 3.63) is 11.6 Å². The molecule has 0 aliphatic heterocycles. The van der Waals surface area contributed by atoms with Gasteiger partial charge >= 0.3 is 5.97 Å². The van der Waals surface area contributed by atoms with Crippen molar-refractivity contribution in [3.8, 4) is 0 Å². The molecule has 4 aliphatic rings. The molecule has 3 fully saturated rings. The second-order valence-electron chi connectivity index (χ2n) is 13.7. The number of carbonyl (C=O) groups excluding carboxylic acids is 2. The first kappa shape index (κ1) is 28.7. The lowest BCUT2D eigenvalue weighted by atomic mass is 9.45. The SMILES string of the molecule is CC(=O)OC(C)(C)CC[C@@H](O)[C@@](C)(O)C1CC[C@@]2(O)C3=CC(=O)[C@@H]4C[C@@H](O)[C@@H](O)C[C@]4(C)C3CC[C@]12C. The predicted octanol–water partition coefficient (Wildman–Crippen LogP) is 2.42. The molecule has 8 heteroatoms. The van der Waals surface area contributed by atoms with E-state index in [0.29, 0.717) is 44.1 Å². The predicted molar refractivity (Wildman–Crippen MR) is 136 cm³/mol. The number of hydrogen-bond donors (Lipinski definition) is 5. The molecule has 0 saturated heterocycles. The van der Waals surface area contributed by atoms with Gasteiger partial charge < -0.3 is 30.3 Å². The van der Waals surface area contributed by atoms with Crippen LogP contribution in [-0.2, 0) is 14.3 Å². The molecule has 210 valence electrons. The Bertz CT molecular complexity index is 971. The lowest BCUT2D eigenvalue weighted by molar-refractivity contribution is -0.178. The summed E-state index contributed by atoms with van der Waals surface area (Å²) in [5, 5.41) is 55.9. The highest BCUT2D eigenvalue weighted by molar-refractivity contribution is 5.95. The third-order valence-corrected chi connectivity index (χ3v) is 10.9. The van der Waals surface area contributed by atoms with Gasteiger partial charge in [-0.25, -0.2) is 0 Å². The number of hydrogen-bond acceptors (Lipinski definition) is 8. The minimum Gasteiger partial charge on any atom is -0.460 e. The molecule has 0 radical (unpaired) electrons. The number of rotatable bonds is 6. The molecule has 0 heterocycles. The van der Waals surface area contributed by atoms with Gasteiger partial charge in [-0.2, -0.15) is 0 Å². The summed E-state index contributed by atoms with van der Waals surface area (Å²) in [6.07, 6.45) is 1.94. The Morgan fingerprint density at radius 2 is 1.78 bits per heavy atom. The summed E-state index contributed by atoms with van der Waals surface area (Å²) in [5.41, 5.74) is -4.22. The molecular formula is C29H46O8. The van der Waals surface area contributed by atoms with Crippen LogP contribution in [0.1, 0.15) is 92.9 Å². The number of fused-ring (bicyclic) bond motifs is 5. The van der Waals surface area contributed by atoms with Crippen LogP contribution in [0.4, 0.5) is 0 Å². The van der Waals surface area contributed by atoms with Crippen molar-refractivity contribution in [1.29, 1.82) is 0 Å². The van der Waals surface area contributed by atoms with Gasteiger partial charge in [0, 0.05) is 18.3 Å². The molecule has 0 amide bonds. The summed E-state index contributed by atoms with van der Waals surface area (Å²) < 4.78 is 5.34. The van der Waals surface area contributed by atoms with Gasteiger partial charge in [-0.1, -0.05) is 13.8 Å². The number of esters is 1. The molecule has 0 aromatic heterocycles. The van der Waals surface area contributed by atoms with E-state index in [1.165, 1.54) is 6.92 Å². The highest BCUT2D eigenvalue weighted by atomic mass is 16.6. The number of carbonyl (C=O) groups is 2. The Kier molecular flexibility index (Phi) is 7.07. The lowest BCUT2D eigenvalue weighted by Gasteiger charge is -2.60. The summed E-state index contributed by atoms with van der Waals surface area (Å²) in [7, 11) is 0. The van der Waals surface area contributed by atoms with Gasteiger partial charge in [0.25, 0.3) is 0 Å². The van der Waals surface area contributed by atoms with Crippen LogP contribution in [0.15, 0.2) is 11.6 Å². The number of allylic oxidation sites excluding steroid dienone is 1. The van der Waals surface area contributed by atoms with Crippen molar-refractivity contribution in [2.75, 3.05) is 0 Å². The van der Waals surface area contributed by atoms with E-state index in [1.54, 1.807) is 26.8 Å². The maximum atomic E-state index is 13.3. The number of aliphatic hydroxyl groups excluding tert-OH is 3. The smallest absolute Gasteiger partial charge is 0.303 e. The summed E-state index contributed by atoms with van der Waals surface area (Å²) in [6.45, 7) is 10.5. The Morgan fingerprint density at radius 1 is 1.14 bits per heavy atom. The van der Waals surface area contributed by atoms with E-state index >= 15 is 0 Å². The molecule has 0 aromatic carbocycles. The van der Waals surface area contributed by atoms with Gasteiger partial charge in [-0.05, 0) is 101 Å². The van der Waals surface area contributed by atoms with Crippen molar-refractivity contribution in [2.24, 2.45) is 28.6 Å². The summed E-state index contributed by atoms with van der Waals surface area (Å²) >= 11 is 0. The van der Waals surface area contributed by atoms with E-state index in [9.17, 15) is 35.1 Å². The van der Waals surface area contributed by atoms with Crippen LogP contribution in [0, 0.1) is 28.6 Å². The molecule has 0 spiro atoms. The molecule has 3 saturated carbocycles. The van der Waals surface area contributed by atoms with Crippen molar-refractivity contribution in [3.63, 3.8) is 0 Å². The van der Waals surface area contributed by atoms with Crippen molar-refractivity contribution in [1.82, 2.24) is 0 Å². The van der Waals surface area contributed by atoms with Crippen LogP contribution in [0.2, 0.25) is 0 Å². The molecule has 10 atom stereocenters. The van der Waals surface area contributed by atoms with E-state index in [1.807, 2.05) is 13.8 Å². The zero-order valence-corrected chi connectivity index (χ0v) is 23.2. The maximum absolute atomic E-state index is 13.3. The first-order valence-electron chi connectivity index (χ1n) is 13.8. The van der Waals surface area contributed by atoms with Crippen LogP contribution in [0.5, 0.6) is 0 Å². The second kappa shape index (κ2) is 9.12. The first-order valence-corrected chi connectivity index (χ1v) is 13.8. The average molecular weight is 523 g/mol. The molecule has 8 nitrogen and oxygen atoms in total. The highest BCUT2D eigenvalue weighted by Crippen LogP contribution is 2.68. The van der Waals surface area contributed by atoms with Crippen LogP contribution < -0.4 is 0 Å². The third-order valence-electron chi connectivity index (χ3n) is 10.9. The summed E-state index contributed by atoms with van der Waals surface area (Å²) in [4.78, 5) is 24.7. The van der Waals surface area contributed by atoms with Gasteiger partial charge in [0.2, 0.25) is 0 Å². The normalized spacial score (nSPS) is 44.1. The molecule has 0 bridgehead atoms. The first-order chi connectivity index (χ1) is 16.9. The van der Waals surface area contributed by atoms with Crippen molar-refractivity contribution >= 4 is 11.8 Å². The molecule has 4 aliphatic carbocycles. The quantitative estimate of drug-likeness (QED) is 0.335. The largest absolute Gasteiger partial charge is 0.460 e. The number of aliphatic hydroxyl groups is 5.